The maximum atomic E-state index is 12.4. The Bertz CT molecular complexity index is 715. The second-order valence-electron chi connectivity index (χ2n) is 5.67. The molecule has 0 aromatic heterocycles. The summed E-state index contributed by atoms with van der Waals surface area (Å²) < 4.78 is 0. The molecule has 118 valence electrons. The SMILES string of the molecule is CC(=O)c1cccc(NC(=O)C2CC(c3ccccc3)NN2)c1. The molecule has 5 nitrogen and oxygen atoms in total. The molecule has 1 aliphatic heterocycles. The van der Waals surface area contributed by atoms with Crippen molar-refractivity contribution in [1.29, 1.82) is 0 Å². The molecule has 3 rings (SSSR count). The fourth-order valence-electron chi connectivity index (χ4n) is 2.68. The molecule has 2 unspecified atom stereocenters. The minimum Gasteiger partial charge on any atom is -0.325 e. The standard InChI is InChI=1S/C18H19N3O2/c1-12(22)14-8-5-9-15(10-14)19-18(23)17-11-16(20-21-17)13-6-3-2-4-7-13/h2-10,16-17,20-21H,11H2,1H3,(H,19,23). The highest BCUT2D eigenvalue weighted by molar-refractivity contribution is 5.98. The van der Waals surface area contributed by atoms with Crippen molar-refractivity contribution in [3.05, 3.63) is 65.7 Å². The number of benzene rings is 2. The lowest BCUT2D eigenvalue weighted by atomic mass is 10.0. The molecule has 0 radical (unpaired) electrons. The lowest BCUT2D eigenvalue weighted by Gasteiger charge is -2.11. The Hall–Kier alpha value is -2.50. The van der Waals surface area contributed by atoms with Crippen LogP contribution in [0.4, 0.5) is 5.69 Å². The summed E-state index contributed by atoms with van der Waals surface area (Å²) >= 11 is 0. The molecule has 2 aromatic carbocycles. The highest BCUT2D eigenvalue weighted by Crippen LogP contribution is 2.22. The van der Waals surface area contributed by atoms with Gasteiger partial charge in [0.05, 0.1) is 0 Å². The minimum atomic E-state index is -0.318. The molecular formula is C18H19N3O2. The Morgan fingerprint density at radius 1 is 1.04 bits per heavy atom. The van der Waals surface area contributed by atoms with Crippen LogP contribution in [0.15, 0.2) is 54.6 Å². The van der Waals surface area contributed by atoms with Gasteiger partial charge in [-0.2, -0.15) is 0 Å². The van der Waals surface area contributed by atoms with E-state index in [1.165, 1.54) is 6.92 Å². The van der Waals surface area contributed by atoms with E-state index in [2.05, 4.69) is 16.2 Å². The number of Topliss-reactive ketones (excluding diaryl/α,β-unsaturated/α-hetero) is 1. The van der Waals surface area contributed by atoms with Crippen molar-refractivity contribution in [1.82, 2.24) is 10.9 Å². The molecule has 2 aromatic rings. The third-order valence-electron chi connectivity index (χ3n) is 3.96. The fourth-order valence-corrected chi connectivity index (χ4v) is 2.68. The van der Waals surface area contributed by atoms with Gasteiger partial charge in [0.15, 0.2) is 5.78 Å². The van der Waals surface area contributed by atoms with Crippen molar-refractivity contribution < 1.29 is 9.59 Å². The molecule has 5 heteroatoms. The second kappa shape index (κ2) is 6.73. The van der Waals surface area contributed by atoms with Crippen LogP contribution in [0.1, 0.15) is 35.3 Å². The zero-order chi connectivity index (χ0) is 16.2. The predicted molar refractivity (Wildman–Crippen MR) is 88.9 cm³/mol. The lowest BCUT2D eigenvalue weighted by molar-refractivity contribution is -0.117. The van der Waals surface area contributed by atoms with Gasteiger partial charge >= 0.3 is 0 Å². The Morgan fingerprint density at radius 2 is 1.83 bits per heavy atom. The third-order valence-corrected chi connectivity index (χ3v) is 3.96. The van der Waals surface area contributed by atoms with Gasteiger partial charge in [-0.15, -0.1) is 0 Å². The Balaban J connectivity index is 1.63. The first-order valence-corrected chi connectivity index (χ1v) is 7.61. The van der Waals surface area contributed by atoms with Crippen LogP contribution in [-0.4, -0.2) is 17.7 Å². The lowest BCUT2D eigenvalue weighted by Crippen LogP contribution is -2.39. The fraction of sp³-hybridized carbons (Fsp3) is 0.222. The van der Waals surface area contributed by atoms with Crippen LogP contribution in [0.25, 0.3) is 0 Å². The number of nitrogens with one attached hydrogen (secondary N) is 3. The number of anilines is 1. The summed E-state index contributed by atoms with van der Waals surface area (Å²) in [6.45, 7) is 1.51. The number of carbonyl (C=O) groups excluding carboxylic acids is 2. The highest BCUT2D eigenvalue weighted by Gasteiger charge is 2.30. The quantitative estimate of drug-likeness (QED) is 0.759. The molecule has 1 fully saturated rings. The van der Waals surface area contributed by atoms with Gasteiger partial charge in [0.1, 0.15) is 6.04 Å². The van der Waals surface area contributed by atoms with Crippen LogP contribution in [0, 0.1) is 0 Å². The summed E-state index contributed by atoms with van der Waals surface area (Å²) in [5.41, 5.74) is 8.55. The number of ketones is 1. The molecule has 3 N–H and O–H groups in total. The van der Waals surface area contributed by atoms with Crippen molar-refractivity contribution in [2.75, 3.05) is 5.32 Å². The summed E-state index contributed by atoms with van der Waals surface area (Å²) in [6, 6.07) is 16.8. The summed E-state index contributed by atoms with van der Waals surface area (Å²) in [4.78, 5) is 23.8. The monoisotopic (exact) mass is 309 g/mol. The Morgan fingerprint density at radius 3 is 2.57 bits per heavy atom. The molecule has 0 aliphatic carbocycles. The van der Waals surface area contributed by atoms with E-state index in [1.54, 1.807) is 24.3 Å². The number of rotatable bonds is 4. The van der Waals surface area contributed by atoms with E-state index in [0.29, 0.717) is 17.7 Å². The second-order valence-corrected chi connectivity index (χ2v) is 5.67. The van der Waals surface area contributed by atoms with E-state index in [0.717, 1.165) is 5.56 Å². The number of hydrogen-bond donors (Lipinski definition) is 3. The number of carbonyl (C=O) groups is 2. The van der Waals surface area contributed by atoms with E-state index in [9.17, 15) is 9.59 Å². The number of hydrogen-bond acceptors (Lipinski definition) is 4. The largest absolute Gasteiger partial charge is 0.325 e. The summed E-state index contributed by atoms with van der Waals surface area (Å²) in [6.07, 6.45) is 0.669. The molecule has 1 amide bonds. The van der Waals surface area contributed by atoms with E-state index in [4.69, 9.17) is 0 Å². The van der Waals surface area contributed by atoms with E-state index in [-0.39, 0.29) is 23.8 Å². The first kappa shape index (κ1) is 15.4. The van der Waals surface area contributed by atoms with Gasteiger partial charge < -0.3 is 5.32 Å². The normalized spacial score (nSPS) is 20.2. The van der Waals surface area contributed by atoms with Crippen molar-refractivity contribution in [3.8, 4) is 0 Å². The third kappa shape index (κ3) is 3.64. The zero-order valence-corrected chi connectivity index (χ0v) is 12.9. The van der Waals surface area contributed by atoms with Gasteiger partial charge in [0.2, 0.25) is 5.91 Å². The molecule has 1 saturated heterocycles. The van der Waals surface area contributed by atoms with Crippen molar-refractivity contribution in [2.45, 2.75) is 25.4 Å². The molecule has 2 atom stereocenters. The van der Waals surface area contributed by atoms with E-state index in [1.807, 2.05) is 30.3 Å². The van der Waals surface area contributed by atoms with Crippen molar-refractivity contribution in [2.24, 2.45) is 0 Å². The molecule has 23 heavy (non-hydrogen) atoms. The zero-order valence-electron chi connectivity index (χ0n) is 12.9. The van der Waals surface area contributed by atoms with Crippen molar-refractivity contribution in [3.63, 3.8) is 0 Å². The van der Waals surface area contributed by atoms with Crippen LogP contribution >= 0.6 is 0 Å². The van der Waals surface area contributed by atoms with Gasteiger partial charge in [-0.1, -0.05) is 42.5 Å². The average Bonchev–Trinajstić information content (AvgIpc) is 3.06. The number of hydrazine groups is 1. The van der Waals surface area contributed by atoms with E-state index < -0.39 is 0 Å². The summed E-state index contributed by atoms with van der Waals surface area (Å²) in [5.74, 6) is -0.137. The van der Waals surface area contributed by atoms with Crippen LogP contribution < -0.4 is 16.2 Å². The van der Waals surface area contributed by atoms with Crippen molar-refractivity contribution >= 4 is 17.4 Å². The van der Waals surface area contributed by atoms with Gasteiger partial charge in [-0.3, -0.25) is 9.59 Å². The van der Waals surface area contributed by atoms with Crippen LogP contribution in [0.2, 0.25) is 0 Å². The Labute approximate surface area is 135 Å². The maximum Gasteiger partial charge on any atom is 0.242 e. The summed E-state index contributed by atoms with van der Waals surface area (Å²) in [5, 5.41) is 2.86. The molecule has 0 bridgehead atoms. The molecule has 0 saturated carbocycles. The van der Waals surface area contributed by atoms with E-state index >= 15 is 0 Å². The van der Waals surface area contributed by atoms with Gasteiger partial charge in [0, 0.05) is 17.3 Å². The molecule has 1 heterocycles. The summed E-state index contributed by atoms with van der Waals surface area (Å²) in [7, 11) is 0. The first-order valence-electron chi connectivity index (χ1n) is 7.61. The Kier molecular flexibility index (Phi) is 4.50. The van der Waals surface area contributed by atoms with Crippen LogP contribution in [0.5, 0.6) is 0 Å². The average molecular weight is 309 g/mol. The van der Waals surface area contributed by atoms with Crippen LogP contribution in [0.3, 0.4) is 0 Å². The molecule has 1 aliphatic rings. The predicted octanol–water partition coefficient (Wildman–Crippen LogP) is 2.44. The van der Waals surface area contributed by atoms with Gasteiger partial charge in [-0.05, 0) is 31.0 Å². The van der Waals surface area contributed by atoms with Gasteiger partial charge in [0.25, 0.3) is 0 Å². The minimum absolute atomic E-state index is 0.0223. The molecule has 0 spiro atoms. The highest BCUT2D eigenvalue weighted by atomic mass is 16.2. The van der Waals surface area contributed by atoms with Crippen LogP contribution in [-0.2, 0) is 4.79 Å². The smallest absolute Gasteiger partial charge is 0.242 e. The molecular weight excluding hydrogens is 290 g/mol. The number of amides is 1. The maximum absolute atomic E-state index is 12.4. The van der Waals surface area contributed by atoms with Gasteiger partial charge in [-0.25, -0.2) is 10.9 Å². The topological polar surface area (TPSA) is 70.2 Å². The first-order chi connectivity index (χ1) is 11.1.